The summed E-state index contributed by atoms with van der Waals surface area (Å²) in [4.78, 5) is 27.6. The van der Waals surface area contributed by atoms with Crippen LogP contribution in [0.2, 0.25) is 5.02 Å². The molecule has 0 saturated heterocycles. The Morgan fingerprint density at radius 1 is 1.35 bits per heavy atom. The maximum Gasteiger partial charge on any atom is 0.323 e. The van der Waals surface area contributed by atoms with Gasteiger partial charge in [-0.15, -0.1) is 0 Å². The molecule has 1 aromatic heterocycles. The van der Waals surface area contributed by atoms with Crippen LogP contribution in [0.4, 0.5) is 4.39 Å². The Bertz CT molecular complexity index is 1090. The van der Waals surface area contributed by atoms with Crippen molar-refractivity contribution in [2.24, 2.45) is 4.99 Å². The maximum absolute atomic E-state index is 14.5. The van der Waals surface area contributed by atoms with Gasteiger partial charge in [0.25, 0.3) is 5.91 Å². The monoisotopic (exact) mass is 394 g/mol. The number of benzene rings is 2. The molecule has 3 aromatic rings. The Hall–Kier alpha value is -2.71. The molecule has 0 bridgehead atoms. The molecule has 0 saturated carbocycles. The van der Waals surface area contributed by atoms with Gasteiger partial charge in [-0.3, -0.25) is 9.59 Å². The number of fused-ring (bicyclic) bond motifs is 1. The molecule has 26 heavy (non-hydrogen) atoms. The predicted octanol–water partition coefficient (Wildman–Crippen LogP) is 3.33. The molecule has 0 aliphatic heterocycles. The van der Waals surface area contributed by atoms with Gasteiger partial charge in [-0.25, -0.2) is 4.39 Å². The molecule has 3 rings (SSSR count). The summed E-state index contributed by atoms with van der Waals surface area (Å²) >= 11 is 6.75. The lowest BCUT2D eigenvalue weighted by Crippen LogP contribution is -2.21. The van der Waals surface area contributed by atoms with Crippen molar-refractivity contribution in [2.45, 2.75) is 6.54 Å². The minimum Gasteiger partial charge on any atom is -0.494 e. The highest BCUT2D eigenvalue weighted by atomic mass is 35.5. The van der Waals surface area contributed by atoms with E-state index >= 15 is 0 Å². The fraction of sp³-hybridized carbons (Fsp3) is 0.118. The number of rotatable bonds is 4. The van der Waals surface area contributed by atoms with Gasteiger partial charge < -0.3 is 14.4 Å². The minimum absolute atomic E-state index is 0.0222. The molecule has 0 radical (unpaired) electrons. The Morgan fingerprint density at radius 2 is 2.12 bits per heavy atom. The van der Waals surface area contributed by atoms with Crippen LogP contribution in [0.15, 0.2) is 41.4 Å². The van der Waals surface area contributed by atoms with Gasteiger partial charge in [0, 0.05) is 10.6 Å². The molecule has 0 fully saturated rings. The number of methoxy groups -OCH3 is 1. The van der Waals surface area contributed by atoms with E-state index in [2.05, 4.69) is 4.99 Å². The number of carboxylic acid groups (broad SMARTS) is 1. The second kappa shape index (κ2) is 7.27. The van der Waals surface area contributed by atoms with E-state index in [-0.39, 0.29) is 20.8 Å². The first-order valence-electron chi connectivity index (χ1n) is 7.33. The molecule has 0 aliphatic rings. The predicted molar refractivity (Wildman–Crippen MR) is 95.3 cm³/mol. The molecule has 9 heteroatoms. The van der Waals surface area contributed by atoms with E-state index < -0.39 is 24.2 Å². The van der Waals surface area contributed by atoms with E-state index in [0.29, 0.717) is 10.5 Å². The third-order valence-corrected chi connectivity index (χ3v) is 4.86. The number of amides is 1. The number of hydrogen-bond donors (Lipinski definition) is 1. The van der Waals surface area contributed by atoms with Crippen molar-refractivity contribution in [3.63, 3.8) is 0 Å². The van der Waals surface area contributed by atoms with Gasteiger partial charge in [0.1, 0.15) is 6.54 Å². The number of carbonyl (C=O) groups is 2. The number of halogens is 2. The van der Waals surface area contributed by atoms with Crippen LogP contribution in [-0.2, 0) is 11.3 Å². The van der Waals surface area contributed by atoms with Gasteiger partial charge in [-0.2, -0.15) is 4.99 Å². The van der Waals surface area contributed by atoms with Crippen LogP contribution < -0.4 is 9.54 Å². The molecule has 0 atom stereocenters. The second-order valence-electron chi connectivity index (χ2n) is 5.22. The molecule has 0 unspecified atom stereocenters. The highest BCUT2D eigenvalue weighted by Gasteiger charge is 2.17. The highest BCUT2D eigenvalue weighted by molar-refractivity contribution is 7.16. The van der Waals surface area contributed by atoms with Crippen molar-refractivity contribution < 1.29 is 23.8 Å². The first-order valence-corrected chi connectivity index (χ1v) is 8.52. The van der Waals surface area contributed by atoms with Crippen molar-refractivity contribution in [3.8, 4) is 5.75 Å². The van der Waals surface area contributed by atoms with Gasteiger partial charge in [-0.05, 0) is 30.3 Å². The van der Waals surface area contributed by atoms with Crippen LogP contribution in [-0.4, -0.2) is 28.7 Å². The van der Waals surface area contributed by atoms with Crippen molar-refractivity contribution in [2.75, 3.05) is 7.11 Å². The van der Waals surface area contributed by atoms with E-state index in [9.17, 15) is 14.0 Å². The zero-order valence-corrected chi connectivity index (χ0v) is 15.0. The molecule has 1 N–H and O–H groups in total. The van der Waals surface area contributed by atoms with Crippen LogP contribution in [0.3, 0.4) is 0 Å². The summed E-state index contributed by atoms with van der Waals surface area (Å²) in [5, 5.41) is 9.52. The van der Waals surface area contributed by atoms with Crippen molar-refractivity contribution in [1.82, 2.24) is 4.57 Å². The summed E-state index contributed by atoms with van der Waals surface area (Å²) in [6.07, 6.45) is 0. The lowest BCUT2D eigenvalue weighted by Gasteiger charge is -2.04. The third kappa shape index (κ3) is 3.47. The zero-order chi connectivity index (χ0) is 18.8. The number of hydrogen-bond acceptors (Lipinski definition) is 4. The fourth-order valence-corrected chi connectivity index (χ4v) is 3.64. The quantitative estimate of drug-likeness (QED) is 0.736. The molecule has 1 heterocycles. The van der Waals surface area contributed by atoms with Crippen LogP contribution in [0.25, 0.3) is 10.2 Å². The van der Waals surface area contributed by atoms with E-state index in [0.717, 1.165) is 11.3 Å². The lowest BCUT2D eigenvalue weighted by molar-refractivity contribution is -0.137. The largest absolute Gasteiger partial charge is 0.494 e. The number of aromatic nitrogens is 1. The molecule has 0 aliphatic carbocycles. The summed E-state index contributed by atoms with van der Waals surface area (Å²) in [6.45, 7) is -0.465. The summed E-state index contributed by atoms with van der Waals surface area (Å²) in [7, 11) is 1.33. The van der Waals surface area contributed by atoms with Gasteiger partial charge in [0.2, 0.25) is 0 Å². The van der Waals surface area contributed by atoms with Gasteiger partial charge in [0.15, 0.2) is 16.4 Å². The molecular formula is C17H12ClFN2O4S. The van der Waals surface area contributed by atoms with Gasteiger partial charge in [0.05, 0.1) is 17.3 Å². The zero-order valence-electron chi connectivity index (χ0n) is 13.4. The molecule has 6 nitrogen and oxygen atoms in total. The minimum atomic E-state index is -1.14. The normalized spacial score (nSPS) is 11.7. The summed E-state index contributed by atoms with van der Waals surface area (Å²) in [5.41, 5.74) is 0.559. The van der Waals surface area contributed by atoms with Crippen molar-refractivity contribution in [3.05, 3.63) is 57.6 Å². The van der Waals surface area contributed by atoms with Gasteiger partial charge >= 0.3 is 5.97 Å². The molecule has 2 aromatic carbocycles. The van der Waals surface area contributed by atoms with Crippen molar-refractivity contribution >= 4 is 45.0 Å². The number of thiazole rings is 1. The summed E-state index contributed by atoms with van der Waals surface area (Å²) < 4.78 is 20.9. The topological polar surface area (TPSA) is 80.9 Å². The summed E-state index contributed by atoms with van der Waals surface area (Å²) in [6, 6.07) is 9.13. The average molecular weight is 395 g/mol. The van der Waals surface area contributed by atoms with Crippen LogP contribution >= 0.6 is 22.9 Å². The fourth-order valence-electron chi connectivity index (χ4n) is 2.39. The first-order chi connectivity index (χ1) is 12.4. The van der Waals surface area contributed by atoms with E-state index in [1.165, 1.54) is 35.9 Å². The average Bonchev–Trinajstić information content (AvgIpc) is 2.93. The first kappa shape index (κ1) is 18.1. The summed E-state index contributed by atoms with van der Waals surface area (Å²) in [5.74, 6) is -2.36. The van der Waals surface area contributed by atoms with Crippen LogP contribution in [0.1, 0.15) is 10.4 Å². The lowest BCUT2D eigenvalue weighted by atomic mass is 10.2. The van der Waals surface area contributed by atoms with Crippen molar-refractivity contribution in [1.29, 1.82) is 0 Å². The van der Waals surface area contributed by atoms with E-state index in [4.69, 9.17) is 21.4 Å². The molecule has 134 valence electrons. The Morgan fingerprint density at radius 3 is 2.77 bits per heavy atom. The highest BCUT2D eigenvalue weighted by Crippen LogP contribution is 2.28. The molecular weight excluding hydrogens is 383 g/mol. The number of carboxylic acids is 1. The Labute approximate surface area is 155 Å². The number of nitrogens with zero attached hydrogens (tertiary/aromatic N) is 2. The maximum atomic E-state index is 14.5. The second-order valence-corrected chi connectivity index (χ2v) is 6.64. The number of aliphatic carboxylic acids is 1. The Balaban J connectivity index is 2.22. The van der Waals surface area contributed by atoms with Crippen LogP contribution in [0, 0.1) is 5.82 Å². The Kier molecular flexibility index (Phi) is 5.06. The van der Waals surface area contributed by atoms with E-state index in [1.54, 1.807) is 12.1 Å². The smallest absolute Gasteiger partial charge is 0.323 e. The van der Waals surface area contributed by atoms with Crippen LogP contribution in [0.5, 0.6) is 5.75 Å². The number of ether oxygens (including phenoxy) is 1. The van der Waals surface area contributed by atoms with Gasteiger partial charge in [-0.1, -0.05) is 29.0 Å². The SMILES string of the molecule is COc1ccc2c(sc(=NC(=O)c3cccc(Cl)c3)n2CC(=O)O)c1F. The van der Waals surface area contributed by atoms with E-state index in [1.807, 2.05) is 0 Å². The number of carbonyl (C=O) groups excluding carboxylic acids is 1. The third-order valence-electron chi connectivity index (χ3n) is 3.54. The molecule has 0 spiro atoms. The standard InChI is InChI=1S/C17H12ClFN2O4S/c1-25-12-6-5-11-15(14(12)19)26-17(21(11)8-13(22)23)20-16(24)9-3-2-4-10(18)7-9/h2-7H,8H2,1H3,(H,22,23). The molecule has 1 amide bonds.